The molecule has 2 aromatic heterocycles. The predicted molar refractivity (Wildman–Crippen MR) is 77.3 cm³/mol. The van der Waals surface area contributed by atoms with Gasteiger partial charge in [-0.1, -0.05) is 12.8 Å². The largest absolute Gasteiger partial charge is 0.369 e. The summed E-state index contributed by atoms with van der Waals surface area (Å²) in [5.41, 5.74) is 1.32. The van der Waals surface area contributed by atoms with Crippen LogP contribution in [0, 0.1) is 19.8 Å². The number of nitrogens with zero attached hydrogens (tertiary/aromatic N) is 2. The van der Waals surface area contributed by atoms with Crippen molar-refractivity contribution in [3.8, 4) is 0 Å². The second kappa shape index (κ2) is 4.84. The van der Waals surface area contributed by atoms with Crippen molar-refractivity contribution in [3.63, 3.8) is 0 Å². The van der Waals surface area contributed by atoms with Crippen LogP contribution < -0.4 is 5.32 Å². The summed E-state index contributed by atoms with van der Waals surface area (Å²) in [5, 5.41) is 4.76. The molecule has 0 aliphatic heterocycles. The van der Waals surface area contributed by atoms with Gasteiger partial charge in [0.25, 0.3) is 0 Å². The first kappa shape index (κ1) is 11.9. The van der Waals surface area contributed by atoms with E-state index in [2.05, 4.69) is 29.1 Å². The summed E-state index contributed by atoms with van der Waals surface area (Å²) in [6.07, 6.45) is 7.19. The van der Waals surface area contributed by atoms with Crippen molar-refractivity contribution in [2.45, 2.75) is 39.5 Å². The molecule has 0 saturated heterocycles. The van der Waals surface area contributed by atoms with Gasteiger partial charge in [0.05, 0.1) is 5.39 Å². The number of thiophene rings is 1. The maximum Gasteiger partial charge on any atom is 0.138 e. The van der Waals surface area contributed by atoms with Gasteiger partial charge in [-0.15, -0.1) is 11.3 Å². The maximum atomic E-state index is 4.43. The molecule has 0 unspecified atom stereocenters. The molecular formula is C14H19N3S. The molecule has 2 heterocycles. The van der Waals surface area contributed by atoms with Crippen LogP contribution in [0.2, 0.25) is 0 Å². The van der Waals surface area contributed by atoms with Gasteiger partial charge in [-0.2, -0.15) is 0 Å². The van der Waals surface area contributed by atoms with E-state index < -0.39 is 0 Å². The van der Waals surface area contributed by atoms with Crippen LogP contribution in [-0.2, 0) is 0 Å². The first-order valence-corrected chi connectivity index (χ1v) is 7.52. The van der Waals surface area contributed by atoms with Crippen molar-refractivity contribution < 1.29 is 0 Å². The van der Waals surface area contributed by atoms with Crippen LogP contribution in [0.25, 0.3) is 10.2 Å². The van der Waals surface area contributed by atoms with Gasteiger partial charge >= 0.3 is 0 Å². The minimum Gasteiger partial charge on any atom is -0.369 e. The Balaban J connectivity index is 1.86. The quantitative estimate of drug-likeness (QED) is 0.910. The van der Waals surface area contributed by atoms with Crippen LogP contribution in [0.4, 0.5) is 5.82 Å². The number of hydrogen-bond donors (Lipinski definition) is 1. The zero-order valence-electron chi connectivity index (χ0n) is 11.0. The van der Waals surface area contributed by atoms with E-state index in [-0.39, 0.29) is 0 Å². The van der Waals surface area contributed by atoms with Crippen LogP contribution in [0.1, 0.15) is 36.1 Å². The Morgan fingerprint density at radius 1 is 1.28 bits per heavy atom. The van der Waals surface area contributed by atoms with E-state index >= 15 is 0 Å². The average Bonchev–Trinajstić information content (AvgIpc) is 2.97. The number of hydrogen-bond acceptors (Lipinski definition) is 4. The van der Waals surface area contributed by atoms with Crippen molar-refractivity contribution >= 4 is 27.4 Å². The van der Waals surface area contributed by atoms with Crippen LogP contribution in [0.3, 0.4) is 0 Å². The molecule has 3 rings (SSSR count). The molecule has 0 aromatic carbocycles. The Hall–Kier alpha value is -1.16. The number of aromatic nitrogens is 2. The number of nitrogens with one attached hydrogen (secondary N) is 1. The Labute approximate surface area is 112 Å². The van der Waals surface area contributed by atoms with E-state index in [1.54, 1.807) is 17.7 Å². The van der Waals surface area contributed by atoms with E-state index in [9.17, 15) is 0 Å². The lowest BCUT2D eigenvalue weighted by atomic mass is 10.1. The Kier molecular flexibility index (Phi) is 3.20. The lowest BCUT2D eigenvalue weighted by Gasteiger charge is -2.11. The highest BCUT2D eigenvalue weighted by Gasteiger charge is 2.16. The highest BCUT2D eigenvalue weighted by Crippen LogP contribution is 2.33. The molecule has 0 atom stereocenters. The molecule has 1 N–H and O–H groups in total. The molecule has 1 saturated carbocycles. The Bertz CT molecular complexity index is 555. The number of fused-ring (bicyclic) bond motifs is 1. The summed E-state index contributed by atoms with van der Waals surface area (Å²) in [6, 6.07) is 0. The smallest absolute Gasteiger partial charge is 0.138 e. The fraction of sp³-hybridized carbons (Fsp3) is 0.571. The summed E-state index contributed by atoms with van der Waals surface area (Å²) in [4.78, 5) is 11.2. The molecular weight excluding hydrogens is 242 g/mol. The lowest BCUT2D eigenvalue weighted by molar-refractivity contribution is 0.579. The van der Waals surface area contributed by atoms with Gasteiger partial charge in [-0.05, 0) is 38.2 Å². The summed E-state index contributed by atoms with van der Waals surface area (Å²) < 4.78 is 0. The molecule has 0 bridgehead atoms. The monoisotopic (exact) mass is 261 g/mol. The third-order valence-electron chi connectivity index (χ3n) is 4.00. The van der Waals surface area contributed by atoms with E-state index in [4.69, 9.17) is 0 Å². The van der Waals surface area contributed by atoms with Gasteiger partial charge in [0.2, 0.25) is 0 Å². The van der Waals surface area contributed by atoms with Crippen molar-refractivity contribution in [3.05, 3.63) is 16.8 Å². The minimum atomic E-state index is 0.829. The summed E-state index contributed by atoms with van der Waals surface area (Å²) >= 11 is 1.76. The molecule has 0 spiro atoms. The molecule has 1 aliphatic rings. The topological polar surface area (TPSA) is 37.8 Å². The first-order chi connectivity index (χ1) is 8.75. The summed E-state index contributed by atoms with van der Waals surface area (Å²) in [7, 11) is 0. The molecule has 18 heavy (non-hydrogen) atoms. The standard InChI is InChI=1S/C14H19N3S/c1-9-10(2)18-14-12(9)13(16-8-17-14)15-7-11-5-3-4-6-11/h8,11H,3-7H2,1-2H3,(H,15,16,17). The van der Waals surface area contributed by atoms with Gasteiger partial charge in [0, 0.05) is 11.4 Å². The number of anilines is 1. The Morgan fingerprint density at radius 3 is 2.83 bits per heavy atom. The SMILES string of the molecule is Cc1sc2ncnc(NCC3CCCC3)c2c1C. The van der Waals surface area contributed by atoms with Gasteiger partial charge in [0.15, 0.2) is 0 Å². The zero-order valence-corrected chi connectivity index (χ0v) is 11.8. The van der Waals surface area contributed by atoms with Gasteiger partial charge in [-0.3, -0.25) is 0 Å². The number of aryl methyl sites for hydroxylation is 2. The third-order valence-corrected chi connectivity index (χ3v) is 5.11. The molecule has 2 aromatic rings. The molecule has 1 fully saturated rings. The van der Waals surface area contributed by atoms with Crippen molar-refractivity contribution in [2.24, 2.45) is 5.92 Å². The molecule has 96 valence electrons. The molecule has 1 aliphatic carbocycles. The van der Waals surface area contributed by atoms with Crippen molar-refractivity contribution in [1.82, 2.24) is 9.97 Å². The predicted octanol–water partition coefficient (Wildman–Crippen LogP) is 3.91. The second-order valence-electron chi connectivity index (χ2n) is 5.22. The highest BCUT2D eigenvalue weighted by atomic mass is 32.1. The van der Waals surface area contributed by atoms with Gasteiger partial charge < -0.3 is 5.32 Å². The summed E-state index contributed by atoms with van der Waals surface area (Å²) in [5.74, 6) is 1.85. The van der Waals surface area contributed by atoms with Crippen molar-refractivity contribution in [1.29, 1.82) is 0 Å². The van der Waals surface area contributed by atoms with Gasteiger partial charge in [0.1, 0.15) is 17.0 Å². The second-order valence-corrected chi connectivity index (χ2v) is 6.42. The van der Waals surface area contributed by atoms with E-state index in [0.717, 1.165) is 23.1 Å². The maximum absolute atomic E-state index is 4.43. The molecule has 0 radical (unpaired) electrons. The van der Waals surface area contributed by atoms with Crippen LogP contribution in [0.15, 0.2) is 6.33 Å². The third kappa shape index (κ3) is 2.09. The highest BCUT2D eigenvalue weighted by molar-refractivity contribution is 7.18. The fourth-order valence-electron chi connectivity index (χ4n) is 2.77. The van der Waals surface area contributed by atoms with Crippen LogP contribution in [0.5, 0.6) is 0 Å². The van der Waals surface area contributed by atoms with Crippen molar-refractivity contribution in [2.75, 3.05) is 11.9 Å². The molecule has 4 heteroatoms. The normalized spacial score (nSPS) is 16.6. The zero-order chi connectivity index (χ0) is 12.5. The fourth-order valence-corrected chi connectivity index (χ4v) is 3.77. The minimum absolute atomic E-state index is 0.829. The molecule has 0 amide bonds. The average molecular weight is 261 g/mol. The first-order valence-electron chi connectivity index (χ1n) is 6.70. The lowest BCUT2D eigenvalue weighted by Crippen LogP contribution is -2.12. The number of rotatable bonds is 3. The van der Waals surface area contributed by atoms with Crippen LogP contribution >= 0.6 is 11.3 Å². The van der Waals surface area contributed by atoms with E-state index in [1.807, 2.05) is 0 Å². The van der Waals surface area contributed by atoms with Gasteiger partial charge in [-0.25, -0.2) is 9.97 Å². The van der Waals surface area contributed by atoms with E-state index in [0.29, 0.717) is 0 Å². The Morgan fingerprint density at radius 2 is 2.06 bits per heavy atom. The van der Waals surface area contributed by atoms with E-state index in [1.165, 1.54) is 41.5 Å². The summed E-state index contributed by atoms with van der Waals surface area (Å²) in [6.45, 7) is 5.38. The van der Waals surface area contributed by atoms with Crippen LogP contribution in [-0.4, -0.2) is 16.5 Å². The molecule has 3 nitrogen and oxygen atoms in total.